The summed E-state index contributed by atoms with van der Waals surface area (Å²) >= 11 is 0. The van der Waals surface area contributed by atoms with Crippen LogP contribution in [-0.2, 0) is 4.79 Å². The number of carboxylic acid groups (broad SMARTS) is 1. The summed E-state index contributed by atoms with van der Waals surface area (Å²) in [6.07, 6.45) is 2.63. The molecule has 212 valence electrons. The molecule has 0 saturated heterocycles. The van der Waals surface area contributed by atoms with Crippen LogP contribution in [0.3, 0.4) is 0 Å². The molecule has 3 aromatic rings. The number of aliphatic carboxylic acids is 1. The highest BCUT2D eigenvalue weighted by Gasteiger charge is 2.38. The van der Waals surface area contributed by atoms with Crippen LogP contribution in [0.2, 0.25) is 0 Å². The summed E-state index contributed by atoms with van der Waals surface area (Å²) in [6.45, 7) is 0.647. The van der Waals surface area contributed by atoms with E-state index in [1.807, 2.05) is 78.9 Å². The van der Waals surface area contributed by atoms with Crippen LogP contribution >= 0.6 is 0 Å². The first-order chi connectivity index (χ1) is 19.0. The highest BCUT2D eigenvalue weighted by atomic mass is 19.4. The smallest absolute Gasteiger partial charge is 0.490 e. The molecule has 1 aromatic heterocycles. The maximum absolute atomic E-state index is 10.6. The Bertz CT molecular complexity index is 1240. The molecule has 0 unspecified atom stereocenters. The Labute approximate surface area is 228 Å². The van der Waals surface area contributed by atoms with E-state index >= 15 is 0 Å². The van der Waals surface area contributed by atoms with E-state index in [0.717, 1.165) is 22.6 Å². The summed E-state index contributed by atoms with van der Waals surface area (Å²) in [5, 5.41) is 17.0. The van der Waals surface area contributed by atoms with Crippen molar-refractivity contribution >= 4 is 36.2 Å². The zero-order valence-electron chi connectivity index (χ0n) is 21.6. The molecular weight excluding hydrogens is 531 g/mol. The summed E-state index contributed by atoms with van der Waals surface area (Å²) in [6, 6.07) is 17.6. The Morgan fingerprint density at radius 2 is 1.35 bits per heavy atom. The average Bonchev–Trinajstić information content (AvgIpc) is 2.93. The fourth-order valence-electron chi connectivity index (χ4n) is 2.82. The lowest BCUT2D eigenvalue weighted by atomic mass is 10.1. The van der Waals surface area contributed by atoms with Gasteiger partial charge in [0.1, 0.15) is 18.1 Å². The molecule has 1 heterocycles. The number of hydrogen-bond acceptors (Lipinski definition) is 7. The minimum atomic E-state index is -5.08. The number of guanidine groups is 1. The van der Waals surface area contributed by atoms with Gasteiger partial charge in [-0.3, -0.25) is 5.41 Å². The third kappa shape index (κ3) is 11.5. The van der Waals surface area contributed by atoms with Crippen LogP contribution in [0.4, 0.5) is 13.2 Å². The SMILES string of the molecule is COc1ccc(C=Cc2cc(C=Cc3ccc(OC)cc3)nc(OCCNC(=N)N)n2)cc1.O=C(O)C(F)(F)F. The number of nitrogens with one attached hydrogen (secondary N) is 2. The fourth-order valence-corrected chi connectivity index (χ4v) is 2.82. The summed E-state index contributed by atoms with van der Waals surface area (Å²) < 4.78 is 47.8. The van der Waals surface area contributed by atoms with Gasteiger partial charge in [-0.1, -0.05) is 36.4 Å². The summed E-state index contributed by atoms with van der Waals surface area (Å²) in [4.78, 5) is 17.8. The van der Waals surface area contributed by atoms with Gasteiger partial charge in [0.15, 0.2) is 5.96 Å². The van der Waals surface area contributed by atoms with Gasteiger partial charge in [0.05, 0.1) is 32.2 Å². The van der Waals surface area contributed by atoms with Crippen molar-refractivity contribution in [1.29, 1.82) is 5.41 Å². The molecule has 0 bridgehead atoms. The molecule has 0 amide bonds. The summed E-state index contributed by atoms with van der Waals surface area (Å²) in [5.41, 5.74) is 8.72. The van der Waals surface area contributed by atoms with E-state index in [1.54, 1.807) is 14.2 Å². The van der Waals surface area contributed by atoms with E-state index in [0.29, 0.717) is 17.9 Å². The average molecular weight is 560 g/mol. The molecule has 5 N–H and O–H groups in total. The second-order valence-corrected chi connectivity index (χ2v) is 7.71. The van der Waals surface area contributed by atoms with Crippen molar-refractivity contribution in [2.45, 2.75) is 6.18 Å². The lowest BCUT2D eigenvalue weighted by molar-refractivity contribution is -0.192. The quantitative estimate of drug-likeness (QED) is 0.162. The van der Waals surface area contributed by atoms with Gasteiger partial charge in [0, 0.05) is 0 Å². The van der Waals surface area contributed by atoms with E-state index in [-0.39, 0.29) is 18.6 Å². The summed E-state index contributed by atoms with van der Waals surface area (Å²) in [7, 11) is 3.28. The predicted octanol–water partition coefficient (Wildman–Crippen LogP) is 4.33. The molecule has 0 aliphatic carbocycles. The fraction of sp³-hybridized carbons (Fsp3) is 0.185. The highest BCUT2D eigenvalue weighted by Crippen LogP contribution is 2.17. The number of alkyl halides is 3. The van der Waals surface area contributed by atoms with Crippen LogP contribution in [0.1, 0.15) is 22.5 Å². The molecule has 0 spiro atoms. The van der Waals surface area contributed by atoms with Gasteiger partial charge in [0.25, 0.3) is 0 Å². The number of rotatable bonds is 10. The molecular formula is C27H28F3N5O5. The van der Waals surface area contributed by atoms with E-state index < -0.39 is 12.1 Å². The number of nitrogens with zero attached hydrogens (tertiary/aromatic N) is 2. The van der Waals surface area contributed by atoms with E-state index in [9.17, 15) is 13.2 Å². The molecule has 40 heavy (non-hydrogen) atoms. The highest BCUT2D eigenvalue weighted by molar-refractivity contribution is 5.74. The van der Waals surface area contributed by atoms with Crippen LogP contribution in [0.25, 0.3) is 24.3 Å². The first-order valence-corrected chi connectivity index (χ1v) is 11.5. The molecule has 0 aliphatic heterocycles. The predicted molar refractivity (Wildman–Crippen MR) is 145 cm³/mol. The third-order valence-electron chi connectivity index (χ3n) is 4.76. The first-order valence-electron chi connectivity index (χ1n) is 11.5. The molecule has 0 atom stereocenters. The molecule has 3 rings (SSSR count). The maximum atomic E-state index is 10.6. The number of ether oxygens (including phenoxy) is 3. The van der Waals surface area contributed by atoms with E-state index in [2.05, 4.69) is 15.3 Å². The van der Waals surface area contributed by atoms with Crippen molar-refractivity contribution < 1.29 is 37.3 Å². The van der Waals surface area contributed by atoms with Crippen LogP contribution in [0.5, 0.6) is 17.5 Å². The third-order valence-corrected chi connectivity index (χ3v) is 4.76. The number of methoxy groups -OCH3 is 2. The van der Waals surface area contributed by atoms with Gasteiger partial charge >= 0.3 is 18.2 Å². The zero-order chi connectivity index (χ0) is 29.5. The molecule has 0 fully saturated rings. The molecule has 10 nitrogen and oxygen atoms in total. The number of hydrogen-bond donors (Lipinski definition) is 4. The largest absolute Gasteiger partial charge is 0.497 e. The molecule has 13 heteroatoms. The standard InChI is InChI=1S/C25H27N5O3.C2HF3O2/c1-31-22-11-5-18(6-12-22)3-9-20-17-21(10-4-19-7-13-23(32-2)14-8-19)30-25(29-20)33-16-15-28-24(26)27;3-2(4,5)1(6)7/h3-14,17H,15-16H2,1-2H3,(H4,26,27,28);(H,6,7). The Kier molecular flexibility index (Phi) is 12.0. The Balaban J connectivity index is 0.000000708. The second kappa shape index (κ2) is 15.4. The van der Waals surface area contributed by atoms with E-state index in [1.165, 1.54) is 0 Å². The van der Waals surface area contributed by atoms with Crippen molar-refractivity contribution in [2.24, 2.45) is 5.73 Å². The Morgan fingerprint density at radius 1 is 0.925 bits per heavy atom. The first kappa shape index (κ1) is 31.1. The van der Waals surface area contributed by atoms with Crippen molar-refractivity contribution in [3.8, 4) is 17.5 Å². The lowest BCUT2D eigenvalue weighted by Gasteiger charge is -2.07. The molecule has 0 saturated carbocycles. The molecule has 0 radical (unpaired) electrons. The normalized spacial score (nSPS) is 11.0. The molecule has 2 aromatic carbocycles. The van der Waals surface area contributed by atoms with Crippen LogP contribution in [0.15, 0.2) is 54.6 Å². The number of halogens is 3. The topological polar surface area (TPSA) is 153 Å². The summed E-state index contributed by atoms with van der Waals surface area (Å²) in [5.74, 6) is -1.27. The molecule has 0 aliphatic rings. The van der Waals surface area contributed by atoms with Crippen molar-refractivity contribution in [3.05, 3.63) is 77.1 Å². The van der Waals surface area contributed by atoms with Gasteiger partial charge in [-0.25, -0.2) is 4.79 Å². The van der Waals surface area contributed by atoms with Gasteiger partial charge in [-0.2, -0.15) is 23.1 Å². The van der Waals surface area contributed by atoms with Gasteiger partial charge < -0.3 is 30.4 Å². The van der Waals surface area contributed by atoms with Crippen molar-refractivity contribution in [1.82, 2.24) is 15.3 Å². The zero-order valence-corrected chi connectivity index (χ0v) is 21.6. The maximum Gasteiger partial charge on any atom is 0.490 e. The van der Waals surface area contributed by atoms with Crippen LogP contribution in [0, 0.1) is 5.41 Å². The number of carbonyl (C=O) groups is 1. The van der Waals surface area contributed by atoms with Crippen molar-refractivity contribution in [2.75, 3.05) is 27.4 Å². The van der Waals surface area contributed by atoms with Gasteiger partial charge in [-0.05, 0) is 53.6 Å². The number of nitrogens with two attached hydrogens (primary N) is 1. The van der Waals surface area contributed by atoms with Crippen LogP contribution in [-0.4, -0.2) is 60.6 Å². The number of carboxylic acids is 1. The lowest BCUT2D eigenvalue weighted by Crippen LogP contribution is -2.33. The van der Waals surface area contributed by atoms with Crippen LogP contribution < -0.4 is 25.3 Å². The minimum absolute atomic E-state index is 0.112. The van der Waals surface area contributed by atoms with Crippen molar-refractivity contribution in [3.63, 3.8) is 0 Å². The monoisotopic (exact) mass is 559 g/mol. The Hall–Kier alpha value is -5.07. The van der Waals surface area contributed by atoms with Gasteiger partial charge in [0.2, 0.25) is 0 Å². The Morgan fingerprint density at radius 3 is 1.70 bits per heavy atom. The van der Waals surface area contributed by atoms with Gasteiger partial charge in [-0.15, -0.1) is 0 Å². The minimum Gasteiger partial charge on any atom is -0.497 e. The number of benzene rings is 2. The number of aromatic nitrogens is 2. The second-order valence-electron chi connectivity index (χ2n) is 7.71. The van der Waals surface area contributed by atoms with E-state index in [4.69, 9.17) is 35.3 Å².